The highest BCUT2D eigenvalue weighted by Crippen LogP contribution is 2.43. The maximum absolute atomic E-state index is 5.61. The van der Waals surface area contributed by atoms with Gasteiger partial charge in [-0.15, -0.1) is 0 Å². The van der Waals surface area contributed by atoms with Crippen molar-refractivity contribution in [2.75, 3.05) is 13.2 Å². The molecule has 1 aliphatic carbocycles. The number of hydrogen-bond acceptors (Lipinski definition) is 2. The molecule has 1 saturated heterocycles. The van der Waals surface area contributed by atoms with Crippen LogP contribution in [0, 0.1) is 5.41 Å². The van der Waals surface area contributed by atoms with Gasteiger partial charge in [0, 0.05) is 0 Å². The Bertz CT molecular complexity index is 407. The van der Waals surface area contributed by atoms with Crippen LogP contribution in [-0.4, -0.2) is 19.0 Å². The Morgan fingerprint density at radius 2 is 1.78 bits per heavy atom. The van der Waals surface area contributed by atoms with E-state index in [1.807, 2.05) is 13.0 Å². The molecule has 0 aromatic heterocycles. The molecule has 1 fully saturated rings. The lowest BCUT2D eigenvalue weighted by Crippen LogP contribution is -2.24. The Balaban J connectivity index is 2.27. The van der Waals surface area contributed by atoms with Crippen LogP contribution in [0.25, 0.3) is 0 Å². The minimum atomic E-state index is -0.553. The predicted molar refractivity (Wildman–Crippen MR) is 74.3 cm³/mol. The predicted octanol–water partition coefficient (Wildman–Crippen LogP) is 4.00. The molecular weight excluding hydrogens is 224 g/mol. The molecule has 0 spiro atoms. The third kappa shape index (κ3) is 2.60. The summed E-state index contributed by atoms with van der Waals surface area (Å²) in [5, 5.41) is 0. The van der Waals surface area contributed by atoms with Gasteiger partial charge in [-0.05, 0) is 49.3 Å². The SMILES string of the molecule is C=C1CCC(C)(C)C(C=CC2(C)OCCO2)=C1C. The van der Waals surface area contributed by atoms with E-state index >= 15 is 0 Å². The minimum absolute atomic E-state index is 0.205. The summed E-state index contributed by atoms with van der Waals surface area (Å²) < 4.78 is 11.2. The monoisotopic (exact) mass is 248 g/mol. The van der Waals surface area contributed by atoms with Crippen molar-refractivity contribution in [2.24, 2.45) is 5.41 Å². The van der Waals surface area contributed by atoms with Gasteiger partial charge >= 0.3 is 0 Å². The van der Waals surface area contributed by atoms with Crippen molar-refractivity contribution in [1.29, 1.82) is 0 Å². The summed E-state index contributed by atoms with van der Waals surface area (Å²) in [7, 11) is 0. The second kappa shape index (κ2) is 4.67. The standard InChI is InChI=1S/C16H24O2/c1-12-6-8-15(3,4)14(13(12)2)7-9-16(5)17-10-11-18-16/h7,9H,1,6,8,10-11H2,2-5H3. The number of rotatable bonds is 2. The summed E-state index contributed by atoms with van der Waals surface area (Å²) in [6.07, 6.45) is 6.46. The maximum Gasteiger partial charge on any atom is 0.185 e. The molecule has 100 valence electrons. The van der Waals surface area contributed by atoms with E-state index in [4.69, 9.17) is 9.47 Å². The zero-order valence-electron chi connectivity index (χ0n) is 12.0. The molecule has 2 heteroatoms. The molecule has 2 rings (SSSR count). The van der Waals surface area contributed by atoms with Gasteiger partial charge in [0.05, 0.1) is 13.2 Å². The van der Waals surface area contributed by atoms with Crippen LogP contribution in [0.5, 0.6) is 0 Å². The molecule has 0 aromatic rings. The first kappa shape index (κ1) is 13.6. The molecule has 0 amide bonds. The zero-order chi connectivity index (χ0) is 13.4. The van der Waals surface area contributed by atoms with Crippen molar-refractivity contribution in [3.05, 3.63) is 35.5 Å². The average molecular weight is 248 g/mol. The highest BCUT2D eigenvalue weighted by Gasteiger charge is 2.31. The Labute approximate surface area is 110 Å². The Hall–Kier alpha value is -0.860. The van der Waals surface area contributed by atoms with Crippen molar-refractivity contribution in [2.45, 2.75) is 46.3 Å². The summed E-state index contributed by atoms with van der Waals surface area (Å²) in [5.41, 5.74) is 4.15. The van der Waals surface area contributed by atoms with E-state index in [2.05, 4.69) is 33.4 Å². The first-order valence-electron chi connectivity index (χ1n) is 6.71. The lowest BCUT2D eigenvalue weighted by atomic mass is 9.71. The van der Waals surface area contributed by atoms with E-state index in [0.717, 1.165) is 12.8 Å². The molecule has 1 heterocycles. The minimum Gasteiger partial charge on any atom is -0.344 e. The van der Waals surface area contributed by atoms with Crippen LogP contribution < -0.4 is 0 Å². The molecule has 0 radical (unpaired) electrons. The number of ether oxygens (including phenoxy) is 2. The summed E-state index contributed by atoms with van der Waals surface area (Å²) in [6.45, 7) is 14.2. The van der Waals surface area contributed by atoms with Gasteiger partial charge in [0.15, 0.2) is 5.79 Å². The first-order chi connectivity index (χ1) is 8.34. The molecule has 0 saturated carbocycles. The quantitative estimate of drug-likeness (QED) is 0.735. The van der Waals surface area contributed by atoms with Gasteiger partial charge in [-0.3, -0.25) is 0 Å². The van der Waals surface area contributed by atoms with Gasteiger partial charge in [0.25, 0.3) is 0 Å². The van der Waals surface area contributed by atoms with Gasteiger partial charge in [0.2, 0.25) is 0 Å². The topological polar surface area (TPSA) is 18.5 Å². The third-order valence-corrected chi connectivity index (χ3v) is 4.13. The Morgan fingerprint density at radius 3 is 2.39 bits per heavy atom. The van der Waals surface area contributed by atoms with Crippen LogP contribution >= 0.6 is 0 Å². The fraction of sp³-hybridized carbons (Fsp3) is 0.625. The average Bonchev–Trinajstić information content (AvgIpc) is 2.71. The Kier molecular flexibility index (Phi) is 3.52. The van der Waals surface area contributed by atoms with Crippen molar-refractivity contribution >= 4 is 0 Å². The molecule has 0 bridgehead atoms. The zero-order valence-corrected chi connectivity index (χ0v) is 12.0. The van der Waals surface area contributed by atoms with Crippen LogP contribution in [0.4, 0.5) is 0 Å². The van der Waals surface area contributed by atoms with Crippen LogP contribution in [0.2, 0.25) is 0 Å². The summed E-state index contributed by atoms with van der Waals surface area (Å²) >= 11 is 0. The second-order valence-electron chi connectivity index (χ2n) is 6.07. The molecule has 1 aliphatic heterocycles. The van der Waals surface area contributed by atoms with E-state index in [1.165, 1.54) is 16.7 Å². The van der Waals surface area contributed by atoms with E-state index in [1.54, 1.807) is 0 Å². The molecule has 0 N–H and O–H groups in total. The molecule has 2 nitrogen and oxygen atoms in total. The first-order valence-corrected chi connectivity index (χ1v) is 6.71. The lowest BCUT2D eigenvalue weighted by Gasteiger charge is -2.34. The molecule has 0 aromatic carbocycles. The van der Waals surface area contributed by atoms with Gasteiger partial charge in [-0.2, -0.15) is 0 Å². The van der Waals surface area contributed by atoms with E-state index < -0.39 is 5.79 Å². The summed E-state index contributed by atoms with van der Waals surface area (Å²) in [6, 6.07) is 0. The fourth-order valence-corrected chi connectivity index (χ4v) is 2.70. The van der Waals surface area contributed by atoms with Gasteiger partial charge in [-0.25, -0.2) is 0 Å². The van der Waals surface area contributed by atoms with Crippen LogP contribution in [0.15, 0.2) is 35.5 Å². The number of allylic oxidation sites excluding steroid dienone is 4. The molecule has 0 unspecified atom stereocenters. The van der Waals surface area contributed by atoms with Gasteiger partial charge in [0.1, 0.15) is 0 Å². The maximum atomic E-state index is 5.61. The number of hydrogen-bond donors (Lipinski definition) is 0. The molecular formula is C16H24O2. The summed E-state index contributed by atoms with van der Waals surface area (Å²) in [5.74, 6) is -0.553. The summed E-state index contributed by atoms with van der Waals surface area (Å²) in [4.78, 5) is 0. The van der Waals surface area contributed by atoms with E-state index in [0.29, 0.717) is 13.2 Å². The largest absolute Gasteiger partial charge is 0.344 e. The van der Waals surface area contributed by atoms with Crippen molar-refractivity contribution in [3.8, 4) is 0 Å². The van der Waals surface area contributed by atoms with Gasteiger partial charge in [-0.1, -0.05) is 32.1 Å². The van der Waals surface area contributed by atoms with Crippen LogP contribution in [0.3, 0.4) is 0 Å². The van der Waals surface area contributed by atoms with Gasteiger partial charge < -0.3 is 9.47 Å². The van der Waals surface area contributed by atoms with Crippen molar-refractivity contribution in [1.82, 2.24) is 0 Å². The van der Waals surface area contributed by atoms with E-state index in [9.17, 15) is 0 Å². The second-order valence-corrected chi connectivity index (χ2v) is 6.07. The highest BCUT2D eigenvalue weighted by atomic mass is 16.7. The normalized spacial score (nSPS) is 27.2. The van der Waals surface area contributed by atoms with Crippen LogP contribution in [0.1, 0.15) is 40.5 Å². The van der Waals surface area contributed by atoms with E-state index in [-0.39, 0.29) is 5.41 Å². The third-order valence-electron chi connectivity index (χ3n) is 4.13. The fourth-order valence-electron chi connectivity index (χ4n) is 2.70. The highest BCUT2D eigenvalue weighted by molar-refractivity contribution is 5.44. The molecule has 0 atom stereocenters. The molecule has 2 aliphatic rings. The van der Waals surface area contributed by atoms with Crippen molar-refractivity contribution in [3.63, 3.8) is 0 Å². The Morgan fingerprint density at radius 1 is 1.17 bits per heavy atom. The van der Waals surface area contributed by atoms with Crippen LogP contribution in [-0.2, 0) is 9.47 Å². The van der Waals surface area contributed by atoms with Crippen molar-refractivity contribution < 1.29 is 9.47 Å². The molecule has 18 heavy (non-hydrogen) atoms. The lowest BCUT2D eigenvalue weighted by molar-refractivity contribution is -0.0997. The smallest absolute Gasteiger partial charge is 0.185 e.